The molecule has 0 aliphatic carbocycles. The average molecular weight is 168 g/mol. The van der Waals surface area contributed by atoms with Gasteiger partial charge in [-0.15, -0.1) is 0 Å². The van der Waals surface area contributed by atoms with E-state index in [9.17, 15) is 0 Å². The highest BCUT2D eigenvalue weighted by Gasteiger charge is 2.02. The molecular weight excluding hydrogens is 155 g/mol. The maximum absolute atomic E-state index is 8.81. The van der Waals surface area contributed by atoms with Crippen molar-refractivity contribution < 1.29 is 19.0 Å². The summed E-state index contributed by atoms with van der Waals surface area (Å²) in [4.78, 5) is 8.81. The molecule has 5 heteroatoms. The van der Waals surface area contributed by atoms with Gasteiger partial charge in [0.15, 0.2) is 0 Å². The molecule has 0 aliphatic heterocycles. The zero-order chi connectivity index (χ0) is 7.82. The van der Waals surface area contributed by atoms with E-state index in [1.807, 2.05) is 0 Å². The summed E-state index contributed by atoms with van der Waals surface area (Å²) in [6, 6.07) is 0. The Kier molecular flexibility index (Phi) is 7.58. The van der Waals surface area contributed by atoms with Gasteiger partial charge in [0.25, 0.3) is 0 Å². The molecule has 4 nitrogen and oxygen atoms in total. The normalized spacial score (nSPS) is 13.5. The van der Waals surface area contributed by atoms with Crippen molar-refractivity contribution in [2.45, 2.75) is 13.3 Å². The van der Waals surface area contributed by atoms with Crippen LogP contribution in [0.2, 0.25) is 0 Å². The predicted octanol–water partition coefficient (Wildman–Crippen LogP) is 0.641. The SMILES string of the molecule is CCOP(O)OCCCO. The highest BCUT2D eigenvalue weighted by Crippen LogP contribution is 2.31. The third-order valence-corrected chi connectivity index (χ3v) is 1.63. The lowest BCUT2D eigenvalue weighted by Gasteiger charge is -2.07. The van der Waals surface area contributed by atoms with Crippen molar-refractivity contribution in [1.82, 2.24) is 0 Å². The van der Waals surface area contributed by atoms with E-state index in [-0.39, 0.29) is 6.61 Å². The highest BCUT2D eigenvalue weighted by atomic mass is 31.2. The van der Waals surface area contributed by atoms with Crippen molar-refractivity contribution in [3.05, 3.63) is 0 Å². The topological polar surface area (TPSA) is 58.9 Å². The Morgan fingerprint density at radius 2 is 2.10 bits per heavy atom. The van der Waals surface area contributed by atoms with Gasteiger partial charge >= 0.3 is 8.60 Å². The van der Waals surface area contributed by atoms with Gasteiger partial charge in [-0.25, -0.2) is 0 Å². The second-order valence-corrected chi connectivity index (χ2v) is 2.56. The van der Waals surface area contributed by atoms with Gasteiger partial charge in [0.1, 0.15) is 0 Å². The molecular formula is C5H13O4P. The number of hydrogen-bond donors (Lipinski definition) is 2. The van der Waals surface area contributed by atoms with Gasteiger partial charge in [-0.3, -0.25) is 0 Å². The summed E-state index contributed by atoms with van der Waals surface area (Å²) in [7, 11) is -1.70. The Hall–Kier alpha value is 0.270. The van der Waals surface area contributed by atoms with Crippen LogP contribution in [0.5, 0.6) is 0 Å². The summed E-state index contributed by atoms with van der Waals surface area (Å²) < 4.78 is 9.47. The predicted molar refractivity (Wildman–Crippen MR) is 38.4 cm³/mol. The van der Waals surface area contributed by atoms with E-state index >= 15 is 0 Å². The first-order chi connectivity index (χ1) is 4.81. The summed E-state index contributed by atoms with van der Waals surface area (Å²) in [6.07, 6.45) is 0.534. The van der Waals surface area contributed by atoms with E-state index in [2.05, 4.69) is 0 Å². The van der Waals surface area contributed by atoms with E-state index in [4.69, 9.17) is 19.0 Å². The van der Waals surface area contributed by atoms with Crippen LogP contribution >= 0.6 is 8.60 Å². The third kappa shape index (κ3) is 6.39. The summed E-state index contributed by atoms with van der Waals surface area (Å²) in [5.41, 5.74) is 0. The van der Waals surface area contributed by atoms with Crippen LogP contribution in [0.3, 0.4) is 0 Å². The number of hydrogen-bond acceptors (Lipinski definition) is 4. The molecule has 0 amide bonds. The number of aliphatic hydroxyl groups is 1. The maximum atomic E-state index is 8.81. The smallest absolute Gasteiger partial charge is 0.329 e. The van der Waals surface area contributed by atoms with E-state index < -0.39 is 8.60 Å². The van der Waals surface area contributed by atoms with Crippen LogP contribution in [-0.2, 0) is 9.05 Å². The van der Waals surface area contributed by atoms with E-state index in [1.54, 1.807) is 6.92 Å². The molecule has 1 atom stereocenters. The minimum Gasteiger partial charge on any atom is -0.396 e. The lowest BCUT2D eigenvalue weighted by molar-refractivity contribution is 0.186. The molecule has 62 valence electrons. The fourth-order valence-corrected chi connectivity index (χ4v) is 0.936. The second kappa shape index (κ2) is 7.38. The van der Waals surface area contributed by atoms with E-state index in [0.29, 0.717) is 19.6 Å². The van der Waals surface area contributed by atoms with Crippen LogP contribution in [0.1, 0.15) is 13.3 Å². The second-order valence-electron chi connectivity index (χ2n) is 1.57. The molecule has 0 aromatic carbocycles. The number of rotatable bonds is 6. The van der Waals surface area contributed by atoms with Crippen LogP contribution < -0.4 is 0 Å². The molecule has 0 rings (SSSR count). The Labute approximate surface area is 61.8 Å². The van der Waals surface area contributed by atoms with Crippen molar-refractivity contribution in [3.63, 3.8) is 0 Å². The lowest BCUT2D eigenvalue weighted by atomic mass is 10.5. The van der Waals surface area contributed by atoms with E-state index in [1.165, 1.54) is 0 Å². The average Bonchev–Trinajstić information content (AvgIpc) is 1.89. The van der Waals surface area contributed by atoms with Crippen LogP contribution in [0.4, 0.5) is 0 Å². The Bertz CT molecular complexity index is 70.7. The van der Waals surface area contributed by atoms with Crippen LogP contribution in [-0.4, -0.2) is 29.8 Å². The molecule has 0 fully saturated rings. The fraction of sp³-hybridized carbons (Fsp3) is 1.00. The molecule has 1 unspecified atom stereocenters. The molecule has 0 saturated heterocycles. The minimum atomic E-state index is -1.70. The molecule has 0 saturated carbocycles. The number of aliphatic hydroxyl groups excluding tert-OH is 1. The Morgan fingerprint density at radius 1 is 1.40 bits per heavy atom. The van der Waals surface area contributed by atoms with Gasteiger partial charge in [0, 0.05) is 6.61 Å². The summed E-state index contributed by atoms with van der Waals surface area (Å²) in [5, 5.41) is 8.31. The quantitative estimate of drug-likeness (QED) is 0.451. The first-order valence-electron chi connectivity index (χ1n) is 3.17. The third-order valence-electron chi connectivity index (χ3n) is 0.744. The first-order valence-corrected chi connectivity index (χ1v) is 4.30. The van der Waals surface area contributed by atoms with Gasteiger partial charge < -0.3 is 19.0 Å². The van der Waals surface area contributed by atoms with E-state index in [0.717, 1.165) is 0 Å². The summed E-state index contributed by atoms with van der Waals surface area (Å²) in [6.45, 7) is 2.65. The van der Waals surface area contributed by atoms with Crippen molar-refractivity contribution in [2.75, 3.05) is 19.8 Å². The molecule has 10 heavy (non-hydrogen) atoms. The monoisotopic (exact) mass is 168 g/mol. The summed E-state index contributed by atoms with van der Waals surface area (Å²) in [5.74, 6) is 0. The minimum absolute atomic E-state index is 0.0787. The zero-order valence-electron chi connectivity index (χ0n) is 5.99. The first kappa shape index (κ1) is 10.3. The van der Waals surface area contributed by atoms with Gasteiger partial charge in [0.05, 0.1) is 13.2 Å². The van der Waals surface area contributed by atoms with Gasteiger partial charge in [0.2, 0.25) is 0 Å². The lowest BCUT2D eigenvalue weighted by Crippen LogP contribution is -1.94. The largest absolute Gasteiger partial charge is 0.396 e. The molecule has 0 aliphatic rings. The highest BCUT2D eigenvalue weighted by molar-refractivity contribution is 7.40. The van der Waals surface area contributed by atoms with Gasteiger partial charge in [-0.05, 0) is 13.3 Å². The molecule has 0 bridgehead atoms. The van der Waals surface area contributed by atoms with Crippen molar-refractivity contribution >= 4 is 8.60 Å². The van der Waals surface area contributed by atoms with Gasteiger partial charge in [-0.2, -0.15) is 0 Å². The van der Waals surface area contributed by atoms with Crippen molar-refractivity contribution in [2.24, 2.45) is 0 Å². The van der Waals surface area contributed by atoms with Crippen LogP contribution in [0.25, 0.3) is 0 Å². The maximum Gasteiger partial charge on any atom is 0.329 e. The van der Waals surface area contributed by atoms with Crippen LogP contribution in [0.15, 0.2) is 0 Å². The van der Waals surface area contributed by atoms with Crippen LogP contribution in [0, 0.1) is 0 Å². The molecule has 0 radical (unpaired) electrons. The molecule has 2 N–H and O–H groups in total. The molecule has 0 aromatic heterocycles. The standard InChI is InChI=1S/C5H13O4P/c1-2-8-10(7)9-5-3-4-6/h6-7H,2-5H2,1H3. The molecule has 0 spiro atoms. The molecule has 0 aromatic rings. The fourth-order valence-electron chi connectivity index (χ4n) is 0.355. The Morgan fingerprint density at radius 3 is 2.60 bits per heavy atom. The zero-order valence-corrected chi connectivity index (χ0v) is 6.88. The van der Waals surface area contributed by atoms with Crippen molar-refractivity contribution in [1.29, 1.82) is 0 Å². The molecule has 0 heterocycles. The van der Waals surface area contributed by atoms with Crippen molar-refractivity contribution in [3.8, 4) is 0 Å². The summed E-state index contributed by atoms with van der Waals surface area (Å²) >= 11 is 0. The van der Waals surface area contributed by atoms with Gasteiger partial charge in [-0.1, -0.05) is 0 Å². The Balaban J connectivity index is 2.97.